The lowest BCUT2D eigenvalue weighted by Gasteiger charge is -2.35. The highest BCUT2D eigenvalue weighted by atomic mass is 35.5. The van der Waals surface area contributed by atoms with Gasteiger partial charge in [0.15, 0.2) is 5.78 Å². The normalized spacial score (nSPS) is 19.1. The van der Waals surface area contributed by atoms with E-state index >= 15 is 0 Å². The van der Waals surface area contributed by atoms with Gasteiger partial charge in [-0.15, -0.1) is 0 Å². The molecule has 28 heavy (non-hydrogen) atoms. The van der Waals surface area contributed by atoms with Crippen molar-refractivity contribution in [3.05, 3.63) is 70.4 Å². The highest BCUT2D eigenvalue weighted by Crippen LogP contribution is 2.45. The molecule has 0 spiro atoms. The van der Waals surface area contributed by atoms with Gasteiger partial charge in [0.05, 0.1) is 17.4 Å². The van der Waals surface area contributed by atoms with Crippen LogP contribution in [0.4, 0.5) is 11.4 Å². The molecule has 4 nitrogen and oxygen atoms in total. The third kappa shape index (κ3) is 3.22. The number of benzene rings is 2. The fraction of sp³-hybridized carbons (Fsp3) is 0.304. The van der Waals surface area contributed by atoms with Crippen LogP contribution in [0.15, 0.2) is 59.8 Å². The third-order valence-corrected chi connectivity index (χ3v) is 5.61. The van der Waals surface area contributed by atoms with Crippen LogP contribution in [-0.4, -0.2) is 11.7 Å². The minimum Gasteiger partial charge on any atom is -0.357 e. The number of rotatable bonds is 2. The SMILES string of the molecule is CC(C)C(=O)N1c2ccccc2NC2=C(C(=O)CCC2)C1c1ccc(Cl)cc1. The summed E-state index contributed by atoms with van der Waals surface area (Å²) >= 11 is 6.11. The number of amides is 1. The number of nitrogens with one attached hydrogen (secondary N) is 1. The molecule has 1 aliphatic carbocycles. The highest BCUT2D eigenvalue weighted by Gasteiger charge is 2.39. The minimum absolute atomic E-state index is 0.0127. The Balaban J connectivity index is 2.00. The first-order valence-corrected chi connectivity index (χ1v) is 10.1. The lowest BCUT2D eigenvalue weighted by atomic mass is 9.85. The topological polar surface area (TPSA) is 49.4 Å². The Morgan fingerprint density at radius 1 is 1.11 bits per heavy atom. The summed E-state index contributed by atoms with van der Waals surface area (Å²) in [6, 6.07) is 14.7. The third-order valence-electron chi connectivity index (χ3n) is 5.35. The zero-order valence-corrected chi connectivity index (χ0v) is 16.8. The van der Waals surface area contributed by atoms with E-state index in [1.54, 1.807) is 4.90 Å². The molecule has 0 aromatic heterocycles. The molecule has 4 rings (SSSR count). The van der Waals surface area contributed by atoms with Crippen LogP contribution in [0.2, 0.25) is 5.02 Å². The fourth-order valence-corrected chi connectivity index (χ4v) is 4.14. The van der Waals surface area contributed by atoms with Gasteiger partial charge in [-0.1, -0.05) is 49.7 Å². The minimum atomic E-state index is -0.467. The summed E-state index contributed by atoms with van der Waals surface area (Å²) in [7, 11) is 0. The van der Waals surface area contributed by atoms with Crippen molar-refractivity contribution in [3.8, 4) is 0 Å². The molecule has 1 aliphatic heterocycles. The molecule has 2 aromatic carbocycles. The van der Waals surface area contributed by atoms with Crippen molar-refractivity contribution in [2.24, 2.45) is 5.92 Å². The first kappa shape index (κ1) is 18.8. The number of hydrogen-bond acceptors (Lipinski definition) is 3. The van der Waals surface area contributed by atoms with E-state index in [1.807, 2.05) is 62.4 Å². The van der Waals surface area contributed by atoms with Crippen LogP contribution >= 0.6 is 11.6 Å². The molecule has 1 N–H and O–H groups in total. The van der Waals surface area contributed by atoms with Crippen LogP contribution in [0, 0.1) is 5.92 Å². The molecule has 1 atom stereocenters. The molecule has 1 unspecified atom stereocenters. The maximum atomic E-state index is 13.4. The zero-order chi connectivity index (χ0) is 19.8. The predicted molar refractivity (Wildman–Crippen MR) is 112 cm³/mol. The number of allylic oxidation sites excluding steroid dienone is 1. The molecule has 5 heteroatoms. The predicted octanol–water partition coefficient (Wildman–Crippen LogP) is 5.50. The first-order valence-electron chi connectivity index (χ1n) is 9.68. The molecule has 0 fully saturated rings. The molecule has 0 saturated heterocycles. The van der Waals surface area contributed by atoms with Gasteiger partial charge in [0.25, 0.3) is 0 Å². The summed E-state index contributed by atoms with van der Waals surface area (Å²) in [4.78, 5) is 28.2. The summed E-state index contributed by atoms with van der Waals surface area (Å²) in [5.74, 6) is -0.118. The van der Waals surface area contributed by atoms with Gasteiger partial charge in [-0.05, 0) is 42.7 Å². The van der Waals surface area contributed by atoms with Crippen LogP contribution in [0.5, 0.6) is 0 Å². The van der Waals surface area contributed by atoms with Crippen molar-refractivity contribution in [3.63, 3.8) is 0 Å². The first-order chi connectivity index (χ1) is 13.5. The van der Waals surface area contributed by atoms with Gasteiger partial charge in [0.1, 0.15) is 0 Å². The van der Waals surface area contributed by atoms with Crippen molar-refractivity contribution < 1.29 is 9.59 Å². The number of carbonyl (C=O) groups is 2. The molecule has 1 amide bonds. The molecular formula is C23H23ClN2O2. The summed E-state index contributed by atoms with van der Waals surface area (Å²) in [5, 5.41) is 4.09. The molecule has 0 radical (unpaired) electrons. The number of fused-ring (bicyclic) bond motifs is 1. The van der Waals surface area contributed by atoms with Gasteiger partial charge in [-0.25, -0.2) is 0 Å². The fourth-order valence-electron chi connectivity index (χ4n) is 4.02. The van der Waals surface area contributed by atoms with Crippen molar-refractivity contribution in [2.45, 2.75) is 39.2 Å². The highest BCUT2D eigenvalue weighted by molar-refractivity contribution is 6.30. The van der Waals surface area contributed by atoms with Crippen molar-refractivity contribution >= 4 is 34.7 Å². The van der Waals surface area contributed by atoms with E-state index < -0.39 is 6.04 Å². The lowest BCUT2D eigenvalue weighted by molar-refractivity contribution is -0.121. The number of hydrogen-bond donors (Lipinski definition) is 1. The molecular weight excluding hydrogens is 372 g/mol. The Kier molecular flexibility index (Phi) is 4.98. The number of anilines is 2. The van der Waals surface area contributed by atoms with E-state index in [1.165, 1.54) is 0 Å². The van der Waals surface area contributed by atoms with E-state index in [-0.39, 0.29) is 17.6 Å². The number of ketones is 1. The number of para-hydroxylation sites is 2. The number of Topliss-reactive ketones (excluding diaryl/α,β-unsaturated/α-hetero) is 1. The summed E-state index contributed by atoms with van der Waals surface area (Å²) < 4.78 is 0. The Hall–Kier alpha value is -2.59. The van der Waals surface area contributed by atoms with Gasteiger partial charge in [-0.2, -0.15) is 0 Å². The van der Waals surface area contributed by atoms with Gasteiger partial charge in [0.2, 0.25) is 5.91 Å². The van der Waals surface area contributed by atoms with E-state index in [9.17, 15) is 9.59 Å². The van der Waals surface area contributed by atoms with Crippen LogP contribution in [-0.2, 0) is 9.59 Å². The van der Waals surface area contributed by atoms with Crippen LogP contribution in [0.1, 0.15) is 44.7 Å². The standard InChI is InChI=1S/C23H23ClN2O2/c1-14(2)23(28)26-19-8-4-3-6-17(19)25-18-7-5-9-20(27)21(18)22(26)15-10-12-16(24)13-11-15/h3-4,6,8,10-14,22,25H,5,7,9H2,1-2H3. The Morgan fingerprint density at radius 2 is 1.82 bits per heavy atom. The number of carbonyl (C=O) groups excluding carboxylic acids is 2. The Labute approximate surface area is 170 Å². The van der Waals surface area contributed by atoms with Crippen LogP contribution in [0.25, 0.3) is 0 Å². The van der Waals surface area contributed by atoms with Crippen molar-refractivity contribution in [2.75, 3.05) is 10.2 Å². The Bertz CT molecular complexity index is 963. The van der Waals surface area contributed by atoms with Gasteiger partial charge in [-0.3, -0.25) is 14.5 Å². The molecule has 0 bridgehead atoms. The molecule has 0 saturated carbocycles. The van der Waals surface area contributed by atoms with E-state index in [4.69, 9.17) is 11.6 Å². The molecule has 2 aliphatic rings. The van der Waals surface area contributed by atoms with Crippen molar-refractivity contribution in [1.29, 1.82) is 0 Å². The molecule has 144 valence electrons. The summed E-state index contributed by atoms with van der Waals surface area (Å²) in [6.45, 7) is 3.78. The lowest BCUT2D eigenvalue weighted by Crippen LogP contribution is -2.40. The largest absolute Gasteiger partial charge is 0.357 e. The van der Waals surface area contributed by atoms with E-state index in [0.29, 0.717) is 17.0 Å². The average molecular weight is 395 g/mol. The van der Waals surface area contributed by atoms with Crippen molar-refractivity contribution in [1.82, 2.24) is 0 Å². The second-order valence-corrected chi connectivity index (χ2v) is 8.06. The Morgan fingerprint density at radius 3 is 2.54 bits per heavy atom. The van der Waals surface area contributed by atoms with E-state index in [0.717, 1.165) is 35.5 Å². The van der Waals surface area contributed by atoms with Crippen LogP contribution < -0.4 is 10.2 Å². The second-order valence-electron chi connectivity index (χ2n) is 7.63. The summed E-state index contributed by atoms with van der Waals surface area (Å²) in [5.41, 5.74) is 4.15. The zero-order valence-electron chi connectivity index (χ0n) is 16.0. The van der Waals surface area contributed by atoms with Gasteiger partial charge < -0.3 is 5.32 Å². The van der Waals surface area contributed by atoms with Crippen LogP contribution in [0.3, 0.4) is 0 Å². The smallest absolute Gasteiger partial charge is 0.230 e. The summed E-state index contributed by atoms with van der Waals surface area (Å²) in [6.07, 6.45) is 2.12. The molecule has 1 heterocycles. The van der Waals surface area contributed by atoms with Gasteiger partial charge in [0, 0.05) is 28.6 Å². The number of halogens is 1. The van der Waals surface area contributed by atoms with Gasteiger partial charge >= 0.3 is 0 Å². The average Bonchev–Trinajstić information content (AvgIpc) is 2.83. The quantitative estimate of drug-likeness (QED) is 0.731. The molecule has 2 aromatic rings. The van der Waals surface area contributed by atoms with E-state index in [2.05, 4.69) is 5.32 Å². The maximum Gasteiger partial charge on any atom is 0.230 e. The number of nitrogens with zero attached hydrogens (tertiary/aromatic N) is 1. The monoisotopic (exact) mass is 394 g/mol. The maximum absolute atomic E-state index is 13.4. The second kappa shape index (κ2) is 7.44.